The van der Waals surface area contributed by atoms with Gasteiger partial charge in [0.2, 0.25) is 17.8 Å². The Balaban J connectivity index is 1.14. The molecule has 2 saturated carbocycles. The van der Waals surface area contributed by atoms with Gasteiger partial charge in [-0.25, -0.2) is 14.9 Å². The molecule has 0 radical (unpaired) electrons. The number of amides is 2. The molecule has 1 saturated heterocycles. The molecule has 2 aromatic rings. The standard InChI is InChI=1S/C24H21N3O5/c1-31-13-4-2-12(3-5-13)19(28)11-32-14-9-25-24(26-10-14)27-22(29)20-15-6-7-16(18-8-17(15)18)21(20)23(27)30/h2-7,9-10,15-18,20-21H,8,11H2,1H3/t15-,16+,17?,18?,20-,21+. The van der Waals surface area contributed by atoms with E-state index in [1.165, 1.54) is 12.4 Å². The lowest BCUT2D eigenvalue weighted by atomic mass is 9.63. The Hall–Kier alpha value is -3.55. The summed E-state index contributed by atoms with van der Waals surface area (Å²) in [6, 6.07) is 6.75. The van der Waals surface area contributed by atoms with Crippen molar-refractivity contribution in [1.29, 1.82) is 0 Å². The first kappa shape index (κ1) is 19.2. The fourth-order valence-electron chi connectivity index (χ4n) is 5.66. The zero-order chi connectivity index (χ0) is 22.0. The molecule has 4 aliphatic carbocycles. The molecule has 0 N–H and O–H groups in total. The summed E-state index contributed by atoms with van der Waals surface area (Å²) >= 11 is 0. The highest BCUT2D eigenvalue weighted by atomic mass is 16.5. The predicted octanol–water partition coefficient (Wildman–Crippen LogP) is 2.30. The largest absolute Gasteiger partial charge is 0.497 e. The molecular weight excluding hydrogens is 410 g/mol. The van der Waals surface area contributed by atoms with Crippen molar-refractivity contribution in [2.75, 3.05) is 18.6 Å². The second-order valence-electron chi connectivity index (χ2n) is 8.83. The first-order chi connectivity index (χ1) is 15.6. The van der Waals surface area contributed by atoms with Gasteiger partial charge in [0.15, 0.2) is 18.1 Å². The van der Waals surface area contributed by atoms with E-state index in [0.29, 0.717) is 23.1 Å². The summed E-state index contributed by atoms with van der Waals surface area (Å²) in [6.45, 7) is -0.182. The summed E-state index contributed by atoms with van der Waals surface area (Å²) in [5.74, 6) is 1.24. The number of nitrogens with zero attached hydrogens (tertiary/aromatic N) is 3. The summed E-state index contributed by atoms with van der Waals surface area (Å²) in [5, 5.41) is 0. The number of ether oxygens (including phenoxy) is 2. The summed E-state index contributed by atoms with van der Waals surface area (Å²) in [6.07, 6.45) is 8.15. The summed E-state index contributed by atoms with van der Waals surface area (Å²) in [5.41, 5.74) is 0.500. The molecule has 2 bridgehead atoms. The first-order valence-electron chi connectivity index (χ1n) is 10.7. The van der Waals surface area contributed by atoms with Crippen LogP contribution in [0, 0.1) is 35.5 Å². The smallest absolute Gasteiger partial charge is 0.240 e. The van der Waals surface area contributed by atoms with Crippen LogP contribution in [-0.2, 0) is 9.59 Å². The molecule has 8 heteroatoms. The number of carbonyl (C=O) groups is 3. The molecule has 0 spiro atoms. The number of aromatic nitrogens is 2. The molecule has 2 unspecified atom stereocenters. The molecule has 162 valence electrons. The number of benzene rings is 1. The molecule has 1 aromatic carbocycles. The lowest BCUT2D eigenvalue weighted by molar-refractivity contribution is -0.124. The van der Waals surface area contributed by atoms with E-state index in [9.17, 15) is 14.4 Å². The van der Waals surface area contributed by atoms with Gasteiger partial charge in [0.05, 0.1) is 31.3 Å². The third kappa shape index (κ3) is 2.78. The van der Waals surface area contributed by atoms with E-state index < -0.39 is 0 Å². The number of hydrogen-bond donors (Lipinski definition) is 0. The molecule has 1 aromatic heterocycles. The number of imide groups is 1. The Morgan fingerprint density at radius 3 is 2.12 bits per heavy atom. The van der Waals surface area contributed by atoms with Crippen LogP contribution in [-0.4, -0.2) is 41.3 Å². The number of allylic oxidation sites excluding steroid dienone is 2. The van der Waals surface area contributed by atoms with Gasteiger partial charge in [-0.15, -0.1) is 0 Å². The molecule has 1 aliphatic heterocycles. The number of carbonyl (C=O) groups excluding carboxylic acids is 3. The maximum absolute atomic E-state index is 13.1. The average molecular weight is 431 g/mol. The number of rotatable bonds is 6. The van der Waals surface area contributed by atoms with Crippen LogP contribution < -0.4 is 14.4 Å². The molecule has 6 atom stereocenters. The molecule has 7 rings (SSSR count). The zero-order valence-corrected chi connectivity index (χ0v) is 17.4. The highest BCUT2D eigenvalue weighted by Crippen LogP contribution is 2.65. The van der Waals surface area contributed by atoms with Gasteiger partial charge in [0.1, 0.15) is 5.75 Å². The Kier molecular flexibility index (Phi) is 4.18. The van der Waals surface area contributed by atoms with Crippen molar-refractivity contribution in [2.24, 2.45) is 35.5 Å². The van der Waals surface area contributed by atoms with E-state index in [-0.39, 0.29) is 59.6 Å². The Labute approximate surface area is 184 Å². The van der Waals surface area contributed by atoms with Gasteiger partial charge in [-0.1, -0.05) is 12.2 Å². The summed E-state index contributed by atoms with van der Waals surface area (Å²) in [7, 11) is 1.56. The maximum Gasteiger partial charge on any atom is 0.240 e. The van der Waals surface area contributed by atoms with E-state index in [1.807, 2.05) is 0 Å². The third-order valence-electron chi connectivity index (χ3n) is 7.26. The van der Waals surface area contributed by atoms with Gasteiger partial charge < -0.3 is 9.47 Å². The molecule has 3 fully saturated rings. The normalized spacial score (nSPS) is 31.3. The highest BCUT2D eigenvalue weighted by molar-refractivity contribution is 6.21. The first-order valence-corrected chi connectivity index (χ1v) is 10.7. The van der Waals surface area contributed by atoms with E-state index in [4.69, 9.17) is 9.47 Å². The van der Waals surface area contributed by atoms with Crippen molar-refractivity contribution in [3.05, 3.63) is 54.4 Å². The minimum absolute atomic E-state index is 0.0660. The van der Waals surface area contributed by atoms with Crippen LogP contribution in [0.5, 0.6) is 11.5 Å². The molecule has 5 aliphatic rings. The Morgan fingerprint density at radius 2 is 1.56 bits per heavy atom. The molecular formula is C24H21N3O5. The molecule has 8 nitrogen and oxygen atoms in total. The van der Waals surface area contributed by atoms with Crippen molar-refractivity contribution < 1.29 is 23.9 Å². The minimum atomic E-state index is -0.289. The van der Waals surface area contributed by atoms with E-state index in [1.54, 1.807) is 31.4 Å². The van der Waals surface area contributed by atoms with Crippen LogP contribution >= 0.6 is 0 Å². The number of anilines is 1. The Bertz CT molecular complexity index is 1110. The van der Waals surface area contributed by atoms with Crippen molar-refractivity contribution >= 4 is 23.5 Å². The third-order valence-corrected chi connectivity index (χ3v) is 7.26. The van der Waals surface area contributed by atoms with E-state index in [0.717, 1.165) is 11.3 Å². The number of Topliss-reactive ketones (excluding diaryl/α,β-unsaturated/α-hetero) is 1. The fourth-order valence-corrected chi connectivity index (χ4v) is 5.66. The van der Waals surface area contributed by atoms with Crippen molar-refractivity contribution in [1.82, 2.24) is 9.97 Å². The fraction of sp³-hybridized carbons (Fsp3) is 0.375. The quantitative estimate of drug-likeness (QED) is 0.393. The van der Waals surface area contributed by atoms with Crippen molar-refractivity contribution in [2.45, 2.75) is 6.42 Å². The summed E-state index contributed by atoms with van der Waals surface area (Å²) < 4.78 is 10.6. The highest BCUT2D eigenvalue weighted by Gasteiger charge is 2.67. The van der Waals surface area contributed by atoms with Gasteiger partial charge in [0, 0.05) is 5.56 Å². The van der Waals surface area contributed by atoms with Crippen LogP contribution in [0.1, 0.15) is 16.8 Å². The molecule has 32 heavy (non-hydrogen) atoms. The maximum atomic E-state index is 13.1. The second kappa shape index (κ2) is 6.98. The van der Waals surface area contributed by atoms with Crippen LogP contribution in [0.25, 0.3) is 0 Å². The number of hydrogen-bond acceptors (Lipinski definition) is 7. The van der Waals surface area contributed by atoms with Crippen LogP contribution in [0.3, 0.4) is 0 Å². The van der Waals surface area contributed by atoms with E-state index >= 15 is 0 Å². The van der Waals surface area contributed by atoms with Crippen LogP contribution in [0.4, 0.5) is 5.95 Å². The topological polar surface area (TPSA) is 98.7 Å². The minimum Gasteiger partial charge on any atom is -0.497 e. The van der Waals surface area contributed by atoms with Crippen molar-refractivity contribution in [3.63, 3.8) is 0 Å². The van der Waals surface area contributed by atoms with Crippen LogP contribution in [0.15, 0.2) is 48.8 Å². The monoisotopic (exact) mass is 431 g/mol. The summed E-state index contributed by atoms with van der Waals surface area (Å²) in [4.78, 5) is 48.1. The lowest BCUT2D eigenvalue weighted by Crippen LogP contribution is -2.40. The second-order valence-corrected chi connectivity index (χ2v) is 8.83. The van der Waals surface area contributed by atoms with E-state index in [2.05, 4.69) is 22.1 Å². The number of methoxy groups -OCH3 is 1. The van der Waals surface area contributed by atoms with Gasteiger partial charge in [-0.05, 0) is 54.4 Å². The SMILES string of the molecule is COc1ccc(C(=O)COc2cnc(N3C(=O)[C@@H]4[C@H](C3=O)[C@@H]3C=C[C@H]4C4CC43)nc2)cc1. The van der Waals surface area contributed by atoms with Gasteiger partial charge in [-0.2, -0.15) is 0 Å². The lowest BCUT2D eigenvalue weighted by Gasteiger charge is -2.37. The number of ketones is 1. The average Bonchev–Trinajstić information content (AvgIpc) is 3.61. The van der Waals surface area contributed by atoms with Crippen LogP contribution in [0.2, 0.25) is 0 Å². The van der Waals surface area contributed by atoms with Gasteiger partial charge in [0.25, 0.3) is 0 Å². The predicted molar refractivity (Wildman–Crippen MR) is 112 cm³/mol. The van der Waals surface area contributed by atoms with Crippen molar-refractivity contribution in [3.8, 4) is 11.5 Å². The van der Waals surface area contributed by atoms with Gasteiger partial charge >= 0.3 is 0 Å². The Morgan fingerprint density at radius 1 is 0.969 bits per heavy atom. The molecule has 2 amide bonds. The zero-order valence-electron chi connectivity index (χ0n) is 17.4. The molecule has 2 heterocycles. The van der Waals surface area contributed by atoms with Gasteiger partial charge in [-0.3, -0.25) is 14.4 Å².